The molecule has 0 aliphatic heterocycles. The number of carbonyl (C=O) groups excluding carboxylic acids is 1. The van der Waals surface area contributed by atoms with E-state index in [-0.39, 0.29) is 6.61 Å². The first kappa shape index (κ1) is 17.4. The molecule has 0 bridgehead atoms. The summed E-state index contributed by atoms with van der Waals surface area (Å²) in [6.07, 6.45) is 2.29. The van der Waals surface area contributed by atoms with Gasteiger partial charge in [-0.1, -0.05) is 12.1 Å². The van der Waals surface area contributed by atoms with E-state index in [0.717, 1.165) is 11.1 Å². The Kier molecular flexibility index (Phi) is 7.08. The van der Waals surface area contributed by atoms with E-state index in [0.29, 0.717) is 17.9 Å². The van der Waals surface area contributed by atoms with E-state index in [1.165, 1.54) is 0 Å². The maximum atomic E-state index is 11.8. The summed E-state index contributed by atoms with van der Waals surface area (Å²) in [6, 6.07) is 4.74. The predicted molar refractivity (Wildman–Crippen MR) is 84.0 cm³/mol. The Bertz CT molecular complexity index is 504. The van der Waals surface area contributed by atoms with Crippen molar-refractivity contribution < 1.29 is 19.4 Å². The van der Waals surface area contributed by atoms with E-state index >= 15 is 0 Å². The Balaban J connectivity index is 2.52. The average molecular weight is 311 g/mol. The van der Waals surface area contributed by atoms with Crippen LogP contribution in [0.4, 0.5) is 0 Å². The van der Waals surface area contributed by atoms with Crippen LogP contribution in [0.2, 0.25) is 0 Å². The number of nitrogens with one attached hydrogen (secondary N) is 1. The number of hydrogen-bond acceptors (Lipinski definition) is 4. The number of benzene rings is 1. The summed E-state index contributed by atoms with van der Waals surface area (Å²) in [5, 5.41) is 11.5. The molecule has 0 heterocycles. The molecule has 0 aromatic heterocycles. The minimum Gasteiger partial charge on any atom is -0.483 e. The van der Waals surface area contributed by atoms with Gasteiger partial charge in [-0.3, -0.25) is 4.79 Å². The van der Waals surface area contributed by atoms with Gasteiger partial charge in [-0.25, -0.2) is 4.79 Å². The van der Waals surface area contributed by atoms with Crippen molar-refractivity contribution in [3.63, 3.8) is 0 Å². The fourth-order valence-corrected chi connectivity index (χ4v) is 2.22. The Hall–Kier alpha value is -1.69. The lowest BCUT2D eigenvalue weighted by Crippen LogP contribution is -2.43. The Labute approximate surface area is 129 Å². The lowest BCUT2D eigenvalue weighted by molar-refractivity contribution is -0.142. The number of ether oxygens (including phenoxy) is 1. The monoisotopic (exact) mass is 311 g/mol. The number of thioether (sulfide) groups is 1. The van der Waals surface area contributed by atoms with Crippen molar-refractivity contribution in [3.05, 3.63) is 29.3 Å². The van der Waals surface area contributed by atoms with Gasteiger partial charge in [-0.2, -0.15) is 11.8 Å². The fourth-order valence-electron chi connectivity index (χ4n) is 1.75. The quantitative estimate of drug-likeness (QED) is 0.768. The molecule has 1 aromatic rings. The molecule has 116 valence electrons. The largest absolute Gasteiger partial charge is 0.483 e. The van der Waals surface area contributed by atoms with Gasteiger partial charge in [0.2, 0.25) is 0 Å². The molecule has 0 saturated carbocycles. The van der Waals surface area contributed by atoms with Crippen LogP contribution < -0.4 is 10.1 Å². The van der Waals surface area contributed by atoms with Crippen LogP contribution in [0.1, 0.15) is 17.5 Å². The van der Waals surface area contributed by atoms with E-state index in [9.17, 15) is 9.59 Å². The van der Waals surface area contributed by atoms with Gasteiger partial charge in [-0.05, 0) is 49.5 Å². The molecule has 21 heavy (non-hydrogen) atoms. The molecular weight excluding hydrogens is 290 g/mol. The molecule has 2 N–H and O–H groups in total. The number of carboxylic acid groups (broad SMARTS) is 1. The van der Waals surface area contributed by atoms with Gasteiger partial charge in [0.25, 0.3) is 5.91 Å². The van der Waals surface area contributed by atoms with Crippen LogP contribution in [-0.2, 0) is 9.59 Å². The molecule has 0 saturated heterocycles. The normalized spacial score (nSPS) is 11.8. The molecule has 1 aromatic carbocycles. The zero-order valence-corrected chi connectivity index (χ0v) is 13.3. The molecule has 5 nitrogen and oxygen atoms in total. The molecule has 0 fully saturated rings. The zero-order chi connectivity index (χ0) is 15.8. The Morgan fingerprint density at radius 3 is 2.71 bits per heavy atom. The Morgan fingerprint density at radius 1 is 1.38 bits per heavy atom. The molecule has 0 radical (unpaired) electrons. The molecule has 1 atom stereocenters. The summed E-state index contributed by atoms with van der Waals surface area (Å²) in [5.41, 5.74) is 2.05. The predicted octanol–water partition coefficient (Wildman–Crippen LogP) is 2.00. The third kappa shape index (κ3) is 5.67. The third-order valence-electron chi connectivity index (χ3n) is 3.16. The van der Waals surface area contributed by atoms with E-state index in [2.05, 4.69) is 5.32 Å². The first-order chi connectivity index (χ1) is 9.95. The summed E-state index contributed by atoms with van der Waals surface area (Å²) in [7, 11) is 0. The first-order valence-corrected chi connectivity index (χ1v) is 8.05. The summed E-state index contributed by atoms with van der Waals surface area (Å²) in [4.78, 5) is 22.8. The van der Waals surface area contributed by atoms with Crippen LogP contribution in [0.5, 0.6) is 5.75 Å². The first-order valence-electron chi connectivity index (χ1n) is 6.65. The summed E-state index contributed by atoms with van der Waals surface area (Å²) in [6.45, 7) is 3.69. The number of rotatable bonds is 8. The van der Waals surface area contributed by atoms with Gasteiger partial charge in [0.05, 0.1) is 0 Å². The number of carboxylic acids is 1. The highest BCUT2D eigenvalue weighted by Gasteiger charge is 2.19. The van der Waals surface area contributed by atoms with Crippen molar-refractivity contribution in [2.24, 2.45) is 0 Å². The highest BCUT2D eigenvalue weighted by Crippen LogP contribution is 2.20. The fraction of sp³-hybridized carbons (Fsp3) is 0.467. The third-order valence-corrected chi connectivity index (χ3v) is 3.80. The van der Waals surface area contributed by atoms with Crippen LogP contribution in [0.25, 0.3) is 0 Å². The Morgan fingerprint density at radius 2 is 2.10 bits per heavy atom. The second-order valence-corrected chi connectivity index (χ2v) is 5.71. The van der Waals surface area contributed by atoms with Gasteiger partial charge in [0.15, 0.2) is 6.61 Å². The van der Waals surface area contributed by atoms with Gasteiger partial charge >= 0.3 is 5.97 Å². The number of hydrogen-bond donors (Lipinski definition) is 2. The highest BCUT2D eigenvalue weighted by atomic mass is 32.2. The van der Waals surface area contributed by atoms with Crippen LogP contribution in [-0.4, -0.2) is 41.6 Å². The van der Waals surface area contributed by atoms with Gasteiger partial charge in [0.1, 0.15) is 11.8 Å². The minimum absolute atomic E-state index is 0.187. The van der Waals surface area contributed by atoms with Crippen molar-refractivity contribution in [1.82, 2.24) is 5.32 Å². The second kappa shape index (κ2) is 8.56. The molecule has 0 aliphatic rings. The van der Waals surface area contributed by atoms with Gasteiger partial charge in [-0.15, -0.1) is 0 Å². The van der Waals surface area contributed by atoms with Crippen molar-refractivity contribution in [1.29, 1.82) is 0 Å². The smallest absolute Gasteiger partial charge is 0.326 e. The van der Waals surface area contributed by atoms with Crippen LogP contribution >= 0.6 is 11.8 Å². The van der Waals surface area contributed by atoms with E-state index in [4.69, 9.17) is 9.84 Å². The number of amides is 1. The lowest BCUT2D eigenvalue weighted by atomic mass is 10.1. The number of carbonyl (C=O) groups is 2. The maximum Gasteiger partial charge on any atom is 0.326 e. The van der Waals surface area contributed by atoms with Gasteiger partial charge in [0, 0.05) is 0 Å². The maximum absolute atomic E-state index is 11.8. The molecule has 0 spiro atoms. The molecule has 1 amide bonds. The number of aliphatic carboxylic acids is 1. The highest BCUT2D eigenvalue weighted by molar-refractivity contribution is 7.98. The standard InChI is InChI=1S/C15H21NO4S/c1-10-5-4-6-13(11(10)2)20-9-14(17)16-12(15(18)19)7-8-21-3/h4-6,12H,7-9H2,1-3H3,(H,16,17)(H,18,19)/t12-/m0/s1. The summed E-state index contributed by atoms with van der Waals surface area (Å²) < 4.78 is 5.45. The van der Waals surface area contributed by atoms with Crippen LogP contribution in [0.3, 0.4) is 0 Å². The van der Waals surface area contributed by atoms with Crippen molar-refractivity contribution in [2.45, 2.75) is 26.3 Å². The van der Waals surface area contributed by atoms with E-state index in [1.807, 2.05) is 32.2 Å². The summed E-state index contributed by atoms with van der Waals surface area (Å²) in [5.74, 6) is -0.135. The zero-order valence-electron chi connectivity index (χ0n) is 12.5. The van der Waals surface area contributed by atoms with E-state index < -0.39 is 17.9 Å². The topological polar surface area (TPSA) is 75.6 Å². The van der Waals surface area contributed by atoms with Crippen LogP contribution in [0.15, 0.2) is 18.2 Å². The lowest BCUT2D eigenvalue weighted by Gasteiger charge is -2.15. The molecule has 6 heteroatoms. The van der Waals surface area contributed by atoms with E-state index in [1.54, 1.807) is 17.8 Å². The van der Waals surface area contributed by atoms with Crippen LogP contribution in [0, 0.1) is 13.8 Å². The SMILES string of the molecule is CSCC[C@H](NC(=O)COc1cccc(C)c1C)C(=O)O. The molecule has 0 unspecified atom stereocenters. The van der Waals surface area contributed by atoms with Gasteiger partial charge < -0.3 is 15.2 Å². The molecular formula is C15H21NO4S. The van der Waals surface area contributed by atoms with Crippen molar-refractivity contribution in [3.8, 4) is 5.75 Å². The minimum atomic E-state index is -1.02. The number of aryl methyl sites for hydroxylation is 1. The van der Waals surface area contributed by atoms with Crippen molar-refractivity contribution in [2.75, 3.05) is 18.6 Å². The van der Waals surface area contributed by atoms with Crippen molar-refractivity contribution >= 4 is 23.6 Å². The second-order valence-electron chi connectivity index (χ2n) is 4.73. The average Bonchev–Trinajstić information content (AvgIpc) is 2.44. The molecule has 1 rings (SSSR count). The molecule has 0 aliphatic carbocycles. The summed E-state index contributed by atoms with van der Waals surface area (Å²) >= 11 is 1.54.